The van der Waals surface area contributed by atoms with Gasteiger partial charge in [-0.15, -0.1) is 0 Å². The summed E-state index contributed by atoms with van der Waals surface area (Å²) in [6, 6.07) is 12.1. The molecule has 9 heteroatoms. The number of carboxylic acid groups (broad SMARTS) is 1. The Kier molecular flexibility index (Phi) is 7.79. The van der Waals surface area contributed by atoms with E-state index < -0.39 is 5.97 Å². The van der Waals surface area contributed by atoms with Crippen LogP contribution in [-0.4, -0.2) is 71.7 Å². The third-order valence-corrected chi connectivity index (χ3v) is 9.76. The third-order valence-electron chi connectivity index (χ3n) is 8.71. The minimum atomic E-state index is -0.631. The average molecular weight is 564 g/mol. The topological polar surface area (TPSA) is 91.3 Å². The van der Waals surface area contributed by atoms with E-state index in [1.807, 2.05) is 36.1 Å². The van der Waals surface area contributed by atoms with E-state index in [9.17, 15) is 14.7 Å². The van der Waals surface area contributed by atoms with Crippen LogP contribution in [0.5, 0.6) is 5.75 Å². The zero-order valence-electron chi connectivity index (χ0n) is 23.1. The number of fused-ring (bicyclic) bond motifs is 2. The first-order valence-corrected chi connectivity index (χ1v) is 15.1. The lowest BCUT2D eigenvalue weighted by atomic mass is 9.85. The Balaban J connectivity index is 1.11. The van der Waals surface area contributed by atoms with Crippen molar-refractivity contribution < 1.29 is 24.2 Å². The molecule has 40 heavy (non-hydrogen) atoms. The molecule has 212 valence electrons. The van der Waals surface area contributed by atoms with Gasteiger partial charge in [0.2, 0.25) is 0 Å². The number of morpholine rings is 1. The minimum Gasteiger partial charge on any atom is -0.488 e. The van der Waals surface area contributed by atoms with Gasteiger partial charge in [-0.05, 0) is 73.3 Å². The molecule has 3 aliphatic heterocycles. The van der Waals surface area contributed by atoms with Crippen LogP contribution in [0.25, 0.3) is 5.70 Å². The monoisotopic (exact) mass is 563 g/mol. The summed E-state index contributed by atoms with van der Waals surface area (Å²) in [5, 5.41) is 15.5. The van der Waals surface area contributed by atoms with Gasteiger partial charge in [0, 0.05) is 37.3 Å². The first-order chi connectivity index (χ1) is 19.4. The molecule has 8 nitrogen and oxygen atoms in total. The van der Waals surface area contributed by atoms with Crippen molar-refractivity contribution >= 4 is 29.3 Å². The second-order valence-corrected chi connectivity index (χ2v) is 12.4. The van der Waals surface area contributed by atoms with Crippen LogP contribution in [0.4, 0.5) is 0 Å². The van der Waals surface area contributed by atoms with Crippen molar-refractivity contribution in [3.63, 3.8) is 0 Å². The number of carbonyl (C=O) groups excluding carboxylic acids is 1. The van der Waals surface area contributed by atoms with Crippen LogP contribution < -0.4 is 10.1 Å². The predicted octanol–water partition coefficient (Wildman–Crippen LogP) is 4.32. The Labute approximate surface area is 239 Å². The maximum Gasteiger partial charge on any atom is 0.307 e. The van der Waals surface area contributed by atoms with E-state index >= 15 is 0 Å². The van der Waals surface area contributed by atoms with Crippen molar-refractivity contribution in [3.8, 4) is 5.75 Å². The summed E-state index contributed by atoms with van der Waals surface area (Å²) in [7, 11) is 0. The molecule has 3 atom stereocenters. The molecule has 2 aromatic carbocycles. The van der Waals surface area contributed by atoms with Gasteiger partial charge in [-0.3, -0.25) is 14.5 Å². The molecular formula is C31H37N3O5S. The molecule has 0 radical (unpaired) electrons. The smallest absolute Gasteiger partial charge is 0.307 e. The average Bonchev–Trinajstić information content (AvgIpc) is 3.55. The Morgan fingerprint density at radius 2 is 1.82 bits per heavy atom. The highest BCUT2D eigenvalue weighted by molar-refractivity contribution is 8.03. The number of amides is 1. The van der Waals surface area contributed by atoms with Crippen LogP contribution in [-0.2, 0) is 16.1 Å². The van der Waals surface area contributed by atoms with E-state index in [0.29, 0.717) is 32.9 Å². The van der Waals surface area contributed by atoms with Gasteiger partial charge in [-0.25, -0.2) is 0 Å². The molecule has 2 aromatic rings. The number of likely N-dealkylation sites (tertiary alicyclic amines) is 1. The number of carboxylic acids is 1. The van der Waals surface area contributed by atoms with E-state index in [1.165, 1.54) is 0 Å². The molecule has 3 unspecified atom stereocenters. The van der Waals surface area contributed by atoms with Crippen LogP contribution in [0.2, 0.25) is 0 Å². The summed E-state index contributed by atoms with van der Waals surface area (Å²) in [6.07, 6.45) is 2.01. The van der Waals surface area contributed by atoms with E-state index in [0.717, 1.165) is 65.2 Å². The van der Waals surface area contributed by atoms with Crippen LogP contribution in [0.3, 0.4) is 0 Å². The molecule has 2 saturated heterocycles. The Morgan fingerprint density at radius 3 is 2.52 bits per heavy atom. The minimum absolute atomic E-state index is 0.0561. The van der Waals surface area contributed by atoms with Gasteiger partial charge in [-0.2, -0.15) is 0 Å². The van der Waals surface area contributed by atoms with E-state index in [1.54, 1.807) is 11.8 Å². The standard InChI is InChI=1S/C31H37N3O5S/c1-19-3-8-27(39-17-21-4-7-24(20(2)14-21)29(35)33-9-11-38-12-10-33)25(13-19)26-18-40-31(32-26)34-15-22-5-6-23(16-34)28(22)30(36)37/h3-4,7-8,13-14,18,22-23,28,31-32H,5-6,9-12,15-17H2,1-2H3,(H,36,37). The number of ether oxygens (including phenoxy) is 2. The number of hydrogen-bond acceptors (Lipinski definition) is 7. The molecule has 4 aliphatic rings. The first kappa shape index (κ1) is 27.2. The van der Waals surface area contributed by atoms with Crippen molar-refractivity contribution in [2.24, 2.45) is 17.8 Å². The SMILES string of the molecule is Cc1ccc(OCc2ccc(C(=O)N3CCOCC3)c(C)c2)c(C2=CSC(N3CC4CCC(C3)C4C(=O)O)N2)c1. The van der Waals surface area contributed by atoms with Crippen LogP contribution in [0.1, 0.15) is 45.5 Å². The second-order valence-electron chi connectivity index (χ2n) is 11.4. The Hall–Kier alpha value is -3.01. The van der Waals surface area contributed by atoms with Gasteiger partial charge < -0.3 is 24.8 Å². The molecule has 6 rings (SSSR count). The van der Waals surface area contributed by atoms with Gasteiger partial charge in [0.25, 0.3) is 5.91 Å². The molecule has 1 amide bonds. The number of nitrogens with one attached hydrogen (secondary N) is 1. The van der Waals surface area contributed by atoms with Gasteiger partial charge in [0.05, 0.1) is 24.8 Å². The highest BCUT2D eigenvalue weighted by atomic mass is 32.2. The Bertz CT molecular complexity index is 1310. The molecule has 3 heterocycles. The molecule has 1 aliphatic carbocycles. The zero-order valence-corrected chi connectivity index (χ0v) is 23.9. The molecule has 0 aromatic heterocycles. The number of rotatable bonds is 7. The van der Waals surface area contributed by atoms with Crippen molar-refractivity contribution in [2.75, 3.05) is 39.4 Å². The maximum absolute atomic E-state index is 13.0. The number of thioether (sulfide) groups is 1. The van der Waals surface area contributed by atoms with Crippen molar-refractivity contribution in [1.82, 2.24) is 15.1 Å². The van der Waals surface area contributed by atoms with Gasteiger partial charge in [-0.1, -0.05) is 35.5 Å². The second kappa shape index (κ2) is 11.5. The maximum atomic E-state index is 13.0. The summed E-state index contributed by atoms with van der Waals surface area (Å²) in [5.74, 6) is 0.510. The fourth-order valence-electron chi connectivity index (χ4n) is 6.64. The predicted molar refractivity (Wildman–Crippen MR) is 155 cm³/mol. The molecule has 2 N–H and O–H groups in total. The summed E-state index contributed by atoms with van der Waals surface area (Å²) in [6.45, 7) is 8.53. The van der Waals surface area contributed by atoms with Gasteiger partial charge in [0.1, 0.15) is 17.9 Å². The van der Waals surface area contributed by atoms with E-state index in [4.69, 9.17) is 9.47 Å². The van der Waals surface area contributed by atoms with E-state index in [2.05, 4.69) is 34.7 Å². The number of hydrogen-bond donors (Lipinski definition) is 2. The lowest BCUT2D eigenvalue weighted by Crippen LogP contribution is -2.51. The molecule has 1 saturated carbocycles. The van der Waals surface area contributed by atoms with Crippen LogP contribution in [0, 0.1) is 31.6 Å². The number of carbonyl (C=O) groups is 2. The highest BCUT2D eigenvalue weighted by Gasteiger charge is 2.47. The lowest BCUT2D eigenvalue weighted by Gasteiger charge is -2.39. The summed E-state index contributed by atoms with van der Waals surface area (Å²) in [4.78, 5) is 29.0. The number of nitrogens with zero attached hydrogens (tertiary/aromatic N) is 2. The zero-order chi connectivity index (χ0) is 27.8. The fourth-order valence-corrected chi connectivity index (χ4v) is 7.64. The van der Waals surface area contributed by atoms with E-state index in [-0.39, 0.29) is 29.2 Å². The third kappa shape index (κ3) is 5.47. The first-order valence-electron chi connectivity index (χ1n) is 14.2. The van der Waals surface area contributed by atoms with Gasteiger partial charge >= 0.3 is 5.97 Å². The van der Waals surface area contributed by atoms with Crippen molar-refractivity contribution in [1.29, 1.82) is 0 Å². The van der Waals surface area contributed by atoms with Crippen LogP contribution in [0.15, 0.2) is 41.8 Å². The summed E-state index contributed by atoms with van der Waals surface area (Å²) in [5.41, 5.74) is 5.99. The quantitative estimate of drug-likeness (QED) is 0.515. The molecule has 2 bridgehead atoms. The summed E-state index contributed by atoms with van der Waals surface area (Å²) >= 11 is 1.75. The Morgan fingerprint density at radius 1 is 1.07 bits per heavy atom. The molecule has 0 spiro atoms. The molecular weight excluding hydrogens is 526 g/mol. The number of benzene rings is 2. The number of aryl methyl sites for hydroxylation is 2. The van der Waals surface area contributed by atoms with Gasteiger partial charge in [0.15, 0.2) is 0 Å². The summed E-state index contributed by atoms with van der Waals surface area (Å²) < 4.78 is 11.7. The lowest BCUT2D eigenvalue weighted by molar-refractivity contribution is -0.146. The van der Waals surface area contributed by atoms with Crippen LogP contribution >= 0.6 is 11.8 Å². The largest absolute Gasteiger partial charge is 0.488 e. The number of aliphatic carboxylic acids is 1. The normalized spacial score (nSPS) is 26.4. The van der Waals surface area contributed by atoms with Crippen molar-refractivity contribution in [3.05, 3.63) is 69.6 Å². The van der Waals surface area contributed by atoms with Crippen molar-refractivity contribution in [2.45, 2.75) is 38.8 Å². The fraction of sp³-hybridized carbons (Fsp3) is 0.484. The number of piperidine rings is 1. The molecule has 3 fully saturated rings. The highest BCUT2D eigenvalue weighted by Crippen LogP contribution is 2.44.